The Bertz CT molecular complexity index is 459. The SMILES string of the molecule is CN(CC(=O)O)C(=O)CN(C)C(=O)CN(C)C(=O)CN[C-]=O.[Fm]. The van der Waals surface area contributed by atoms with E-state index in [0.717, 1.165) is 14.7 Å². The number of amides is 4. The minimum atomic E-state index is -1.16. The second kappa shape index (κ2) is 10.1. The third-order valence-corrected chi connectivity index (χ3v) is 2.71. The third kappa shape index (κ3) is 8.27. The van der Waals surface area contributed by atoms with Crippen LogP contribution in [0.25, 0.3) is 0 Å². The Morgan fingerprint density at radius 2 is 1.26 bits per heavy atom. The number of hydrogen-bond acceptors (Lipinski definition) is 5. The van der Waals surface area contributed by atoms with Gasteiger partial charge in [-0.15, -0.1) is 0 Å². The number of carbonyl (C=O) groups excluding carboxylic acids is 4. The van der Waals surface area contributed by atoms with Gasteiger partial charge in [-0.25, -0.2) is 0 Å². The first kappa shape index (κ1) is 21.6. The molecule has 0 saturated carbocycles. The van der Waals surface area contributed by atoms with Crippen molar-refractivity contribution in [3.05, 3.63) is 0 Å². The topological polar surface area (TPSA) is 127 Å². The smallest absolute Gasteiger partial charge is 0.323 e. The predicted octanol–water partition coefficient (Wildman–Crippen LogP) is -2.90. The Kier molecular flexibility index (Phi) is 9.53. The number of hydrogen-bond donors (Lipinski definition) is 2. The van der Waals surface area contributed by atoms with Gasteiger partial charge in [0, 0.05) is 21.1 Å². The van der Waals surface area contributed by atoms with E-state index in [9.17, 15) is 24.0 Å². The maximum absolute atomic E-state index is 11.9. The molecule has 0 aliphatic rings. The van der Waals surface area contributed by atoms with Crippen LogP contribution >= 0.6 is 0 Å². The third-order valence-electron chi connectivity index (χ3n) is 2.71. The number of nitrogens with zero attached hydrogens (tertiary/aromatic N) is 3. The molecule has 0 aromatic rings. The van der Waals surface area contributed by atoms with Crippen LogP contribution in [0, 0.1) is 0 Å². The first-order chi connectivity index (χ1) is 10.2. The first-order valence-corrected chi connectivity index (χ1v) is 6.22. The van der Waals surface area contributed by atoms with Crippen molar-refractivity contribution in [3.63, 3.8) is 0 Å². The van der Waals surface area contributed by atoms with E-state index in [-0.39, 0.29) is 19.6 Å². The van der Waals surface area contributed by atoms with E-state index in [0.29, 0.717) is 0 Å². The molecule has 0 spiro atoms. The molecular formula is C12H19FmN4O6-. The molecule has 4 amide bonds. The van der Waals surface area contributed by atoms with Crippen molar-refractivity contribution in [1.29, 1.82) is 0 Å². The second-order valence-electron chi connectivity index (χ2n) is 4.60. The Balaban J connectivity index is 0. The average molecular weight is 572 g/mol. The van der Waals surface area contributed by atoms with Crippen molar-refractivity contribution in [2.45, 2.75) is 0 Å². The average Bonchev–Trinajstić information content (AvgIpc) is 2.43. The van der Waals surface area contributed by atoms with Crippen LogP contribution in [-0.2, 0) is 24.0 Å². The molecule has 2 N–H and O–H groups in total. The molecule has 0 saturated heterocycles. The Morgan fingerprint density at radius 3 is 1.65 bits per heavy atom. The van der Waals surface area contributed by atoms with Gasteiger partial charge < -0.3 is 29.9 Å². The Morgan fingerprint density at radius 1 is 0.870 bits per heavy atom. The molecule has 0 aromatic heterocycles. The fourth-order valence-corrected chi connectivity index (χ4v) is 1.36. The van der Waals surface area contributed by atoms with Gasteiger partial charge in [-0.1, -0.05) is 0 Å². The summed E-state index contributed by atoms with van der Waals surface area (Å²) in [4.78, 5) is 58.6. The van der Waals surface area contributed by atoms with Crippen molar-refractivity contribution in [2.75, 3.05) is 47.3 Å². The van der Waals surface area contributed by atoms with Crippen LogP contribution in [0.3, 0.4) is 0 Å². The zero-order chi connectivity index (χ0) is 17.3. The summed E-state index contributed by atoms with van der Waals surface area (Å²) in [6, 6.07) is 0. The summed E-state index contributed by atoms with van der Waals surface area (Å²) in [7, 11) is 4.05. The summed E-state index contributed by atoms with van der Waals surface area (Å²) >= 11 is 0. The van der Waals surface area contributed by atoms with E-state index in [1.165, 1.54) is 27.6 Å². The molecule has 10 nitrogen and oxygen atoms in total. The maximum Gasteiger partial charge on any atom is 0.323 e. The van der Waals surface area contributed by atoms with Gasteiger partial charge in [0.15, 0.2) is 0 Å². The summed E-state index contributed by atoms with van der Waals surface area (Å²) in [5.41, 5.74) is 0. The van der Waals surface area contributed by atoms with E-state index < -0.39 is 30.2 Å². The van der Waals surface area contributed by atoms with Gasteiger partial charge in [-0.2, -0.15) is 6.41 Å². The molecule has 0 aliphatic heterocycles. The molecule has 0 atom stereocenters. The molecule has 0 bridgehead atoms. The molecule has 0 fully saturated rings. The van der Waals surface area contributed by atoms with Crippen LogP contribution in [0.15, 0.2) is 0 Å². The van der Waals surface area contributed by atoms with E-state index >= 15 is 0 Å². The van der Waals surface area contributed by atoms with Crippen molar-refractivity contribution in [2.24, 2.45) is 0 Å². The summed E-state index contributed by atoms with van der Waals surface area (Å²) in [5, 5.41) is 10.6. The maximum atomic E-state index is 11.9. The monoisotopic (exact) mass is 572 g/mol. The molecule has 0 rings (SSSR count). The minimum absolute atomic E-state index is 0. The van der Waals surface area contributed by atoms with Gasteiger partial charge in [0.25, 0.3) is 0 Å². The number of carbonyl (C=O) groups is 4. The van der Waals surface area contributed by atoms with Crippen LogP contribution in [0.5, 0.6) is 0 Å². The van der Waals surface area contributed by atoms with Crippen molar-refractivity contribution >= 4 is 30.1 Å². The molecule has 0 heterocycles. The first-order valence-electron chi connectivity index (χ1n) is 6.22. The fraction of sp³-hybridized carbons (Fsp3) is 0.583. The van der Waals surface area contributed by atoms with Gasteiger partial charge in [0.2, 0.25) is 17.7 Å². The van der Waals surface area contributed by atoms with Gasteiger partial charge in [0.1, 0.15) is 6.54 Å². The molecule has 0 radical (unpaired) electrons. The zero-order valence-corrected chi connectivity index (χ0v) is 15.4. The molecule has 11 heteroatoms. The van der Waals surface area contributed by atoms with E-state index in [4.69, 9.17) is 5.11 Å². The van der Waals surface area contributed by atoms with Crippen molar-refractivity contribution in [3.8, 4) is 0 Å². The zero-order valence-electron chi connectivity index (χ0n) is 12.9. The molecule has 136 valence electrons. The number of rotatable bonds is 9. The summed E-state index contributed by atoms with van der Waals surface area (Å²) in [6.45, 7) is -1.32. The van der Waals surface area contributed by atoms with E-state index in [1.54, 1.807) is 0 Å². The van der Waals surface area contributed by atoms with Gasteiger partial charge in [-0.05, 0) is 0 Å². The van der Waals surface area contributed by atoms with Gasteiger partial charge in [0.05, 0.1) is 19.6 Å². The van der Waals surface area contributed by atoms with E-state index in [1.807, 2.05) is 0 Å². The fourth-order valence-electron chi connectivity index (χ4n) is 1.36. The normalized spacial score (nSPS) is 9.17. The summed E-state index contributed by atoms with van der Waals surface area (Å²) in [5.74, 6) is -2.68. The molecular weight excluding hydrogens is 553 g/mol. The number of nitrogens with one attached hydrogen (secondary N) is 1. The second-order valence-corrected chi connectivity index (χ2v) is 4.60. The van der Waals surface area contributed by atoms with Crippen LogP contribution in [0.4, 0.5) is 0 Å². The number of carboxylic acid groups (broad SMARTS) is 1. The Labute approximate surface area is 127 Å². The van der Waals surface area contributed by atoms with Crippen LogP contribution in [0.1, 0.15) is 0 Å². The summed E-state index contributed by atoms with van der Waals surface area (Å²) < 4.78 is 0. The van der Waals surface area contributed by atoms with Gasteiger partial charge >= 0.3 is 5.97 Å². The molecule has 0 aliphatic carbocycles. The molecule has 0 unspecified atom stereocenters. The Hall–Kier alpha value is -3.65. The van der Waals surface area contributed by atoms with Crippen LogP contribution < -0.4 is 5.32 Å². The van der Waals surface area contributed by atoms with Crippen molar-refractivity contribution < 1.29 is 29.1 Å². The largest absolute Gasteiger partial charge is 0.522 e. The molecule has 23 heavy (non-hydrogen) atoms. The summed E-state index contributed by atoms with van der Waals surface area (Å²) in [6.07, 6.45) is 1.34. The van der Waals surface area contributed by atoms with Crippen molar-refractivity contribution in [1.82, 2.24) is 20.0 Å². The van der Waals surface area contributed by atoms with Crippen LogP contribution in [-0.4, -0.2) is 97.2 Å². The number of carboxylic acids is 1. The molecule has 0 aromatic carbocycles. The minimum Gasteiger partial charge on any atom is -0.522 e. The standard InChI is InChI=1S/C12H19N4O6.Fm/c1-14(9(18)4-13-8-17)5-10(19)15(2)6-11(20)16(3)7-12(21)22;/h4-7H2,1-3H3,(H,13,17)(H,21,22);/q-1;. The van der Waals surface area contributed by atoms with Gasteiger partial charge in [-0.3, -0.25) is 19.2 Å². The predicted molar refractivity (Wildman–Crippen MR) is 74.2 cm³/mol. The number of likely N-dealkylation sites (N-methyl/N-ethyl adjacent to an activating group) is 3. The van der Waals surface area contributed by atoms with Crippen LogP contribution in [0.2, 0.25) is 0 Å². The quantitative estimate of drug-likeness (QED) is 0.226. The van der Waals surface area contributed by atoms with E-state index in [2.05, 4.69) is 5.32 Å². The number of aliphatic carboxylic acids is 1.